The van der Waals surface area contributed by atoms with E-state index in [1.54, 1.807) is 0 Å². The van der Waals surface area contributed by atoms with E-state index in [4.69, 9.17) is 5.73 Å². The van der Waals surface area contributed by atoms with E-state index in [0.717, 1.165) is 5.69 Å². The summed E-state index contributed by atoms with van der Waals surface area (Å²) >= 11 is 0. The summed E-state index contributed by atoms with van der Waals surface area (Å²) in [4.78, 5) is 14.0. The molecule has 1 amide bonds. The number of carbonyl (C=O) groups excluding carboxylic acids is 1. The molecule has 1 fully saturated rings. The topological polar surface area (TPSA) is 95.7 Å². The predicted octanol–water partition coefficient (Wildman–Crippen LogP) is 1.14. The third-order valence-corrected chi connectivity index (χ3v) is 6.01. The molecule has 0 bridgehead atoms. The maximum absolute atomic E-state index is 12.4. The smallest absolute Gasteiger partial charge is 0.236 e. The van der Waals surface area contributed by atoms with Crippen LogP contribution in [0, 0.1) is 6.92 Å². The minimum atomic E-state index is -3.58. The maximum atomic E-state index is 12.4. The summed E-state index contributed by atoms with van der Waals surface area (Å²) in [6.07, 6.45) is 0.626. The van der Waals surface area contributed by atoms with Gasteiger partial charge in [-0.25, -0.2) is 8.42 Å². The van der Waals surface area contributed by atoms with Crippen LogP contribution in [0.15, 0.2) is 24.3 Å². The Labute approximate surface area is 174 Å². The monoisotopic (exact) mass is 440 g/mol. The fraction of sp³-hybridized carbons (Fsp3) is 0.588. The standard InChI is InChI=1S/C17H28N4O3S.2ClH/c1-14-4-3-5-16(12-14)20-8-10-21(11-9-20)25(23,24)13-17(22)19-7-6-15(2)18;;/h3-5,12,15H,6-11,13,18H2,1-2H3,(H,19,22);2*1H. The van der Waals surface area contributed by atoms with Crippen molar-refractivity contribution in [2.24, 2.45) is 5.73 Å². The van der Waals surface area contributed by atoms with Gasteiger partial charge in [0.15, 0.2) is 0 Å². The molecule has 0 aliphatic carbocycles. The number of hydrogen-bond donors (Lipinski definition) is 2. The first-order valence-electron chi connectivity index (χ1n) is 8.59. The molecule has 1 unspecified atom stereocenters. The highest BCUT2D eigenvalue weighted by atomic mass is 35.5. The van der Waals surface area contributed by atoms with Crippen LogP contribution >= 0.6 is 24.8 Å². The van der Waals surface area contributed by atoms with Gasteiger partial charge in [0.05, 0.1) is 0 Å². The zero-order valence-corrected chi connectivity index (χ0v) is 18.2. The Morgan fingerprint density at radius 2 is 1.85 bits per heavy atom. The fourth-order valence-electron chi connectivity index (χ4n) is 2.80. The van der Waals surface area contributed by atoms with Crippen LogP contribution in [0.25, 0.3) is 0 Å². The van der Waals surface area contributed by atoms with Crippen molar-refractivity contribution in [2.45, 2.75) is 26.3 Å². The molecule has 1 heterocycles. The van der Waals surface area contributed by atoms with E-state index in [0.29, 0.717) is 39.1 Å². The minimum absolute atomic E-state index is 0. The summed E-state index contributed by atoms with van der Waals surface area (Å²) in [5.74, 6) is -0.974. The Hall–Kier alpha value is -1.06. The molecule has 1 aromatic carbocycles. The number of nitrogens with two attached hydrogens (primary N) is 1. The largest absolute Gasteiger partial charge is 0.369 e. The summed E-state index contributed by atoms with van der Waals surface area (Å²) in [6, 6.07) is 8.14. The molecule has 1 atom stereocenters. The third kappa shape index (κ3) is 8.23. The van der Waals surface area contributed by atoms with E-state index in [9.17, 15) is 13.2 Å². The van der Waals surface area contributed by atoms with Gasteiger partial charge >= 0.3 is 0 Å². The third-order valence-electron chi connectivity index (χ3n) is 4.23. The normalized spacial score (nSPS) is 16.0. The molecule has 0 radical (unpaired) electrons. The SMILES string of the molecule is Cc1cccc(N2CCN(S(=O)(=O)CC(=O)NCCC(C)N)CC2)c1.Cl.Cl. The summed E-state index contributed by atoms with van der Waals surface area (Å²) < 4.78 is 26.2. The van der Waals surface area contributed by atoms with Gasteiger partial charge in [0, 0.05) is 44.5 Å². The first kappa shape index (κ1) is 25.9. The van der Waals surface area contributed by atoms with Crippen LogP contribution in [0.3, 0.4) is 0 Å². The van der Waals surface area contributed by atoms with Gasteiger partial charge in [0.2, 0.25) is 15.9 Å². The highest BCUT2D eigenvalue weighted by Gasteiger charge is 2.29. The molecular weight excluding hydrogens is 411 g/mol. The second-order valence-corrected chi connectivity index (χ2v) is 8.57. The first-order valence-corrected chi connectivity index (χ1v) is 10.2. The molecule has 27 heavy (non-hydrogen) atoms. The van der Waals surface area contributed by atoms with E-state index in [2.05, 4.69) is 16.3 Å². The molecule has 10 heteroatoms. The summed E-state index contributed by atoms with van der Waals surface area (Å²) in [6.45, 7) is 6.30. The summed E-state index contributed by atoms with van der Waals surface area (Å²) in [5.41, 5.74) is 7.89. The van der Waals surface area contributed by atoms with Gasteiger partial charge in [-0.15, -0.1) is 24.8 Å². The molecule has 2 rings (SSSR count). The van der Waals surface area contributed by atoms with Gasteiger partial charge in [0.1, 0.15) is 5.75 Å². The zero-order valence-electron chi connectivity index (χ0n) is 15.8. The Balaban J connectivity index is 0.00000338. The van der Waals surface area contributed by atoms with E-state index in [1.807, 2.05) is 32.0 Å². The van der Waals surface area contributed by atoms with Crippen LogP contribution in [-0.2, 0) is 14.8 Å². The molecule has 1 aliphatic rings. The van der Waals surface area contributed by atoms with Gasteiger partial charge in [-0.2, -0.15) is 4.31 Å². The van der Waals surface area contributed by atoms with Crippen molar-refractivity contribution in [2.75, 3.05) is 43.4 Å². The molecule has 7 nitrogen and oxygen atoms in total. The van der Waals surface area contributed by atoms with Gasteiger partial charge in [-0.05, 0) is 38.0 Å². The lowest BCUT2D eigenvalue weighted by atomic mass is 10.2. The van der Waals surface area contributed by atoms with Gasteiger partial charge in [0.25, 0.3) is 0 Å². The van der Waals surface area contributed by atoms with Crippen LogP contribution in [0.2, 0.25) is 0 Å². The van der Waals surface area contributed by atoms with Crippen LogP contribution in [0.1, 0.15) is 18.9 Å². The number of carbonyl (C=O) groups is 1. The number of rotatable bonds is 7. The number of nitrogens with zero attached hydrogens (tertiary/aromatic N) is 2. The lowest BCUT2D eigenvalue weighted by Crippen LogP contribution is -2.50. The molecule has 0 spiro atoms. The lowest BCUT2D eigenvalue weighted by molar-refractivity contribution is -0.118. The van der Waals surface area contributed by atoms with Crippen molar-refractivity contribution in [3.05, 3.63) is 29.8 Å². The van der Waals surface area contributed by atoms with Crippen molar-refractivity contribution >= 4 is 46.4 Å². The van der Waals surface area contributed by atoms with Crippen molar-refractivity contribution in [1.82, 2.24) is 9.62 Å². The number of amides is 1. The van der Waals surface area contributed by atoms with Crippen molar-refractivity contribution < 1.29 is 13.2 Å². The maximum Gasteiger partial charge on any atom is 0.236 e. The van der Waals surface area contributed by atoms with Gasteiger partial charge < -0.3 is 16.0 Å². The molecule has 3 N–H and O–H groups in total. The summed E-state index contributed by atoms with van der Waals surface area (Å²) in [5, 5.41) is 2.61. The Morgan fingerprint density at radius 3 is 2.41 bits per heavy atom. The molecular formula is C17H30Cl2N4O3S. The number of benzene rings is 1. The second-order valence-electron chi connectivity index (χ2n) is 6.60. The van der Waals surface area contributed by atoms with Crippen molar-refractivity contribution in [3.8, 4) is 0 Å². The fourth-order valence-corrected chi connectivity index (χ4v) is 4.13. The molecule has 1 aliphatic heterocycles. The van der Waals surface area contributed by atoms with Gasteiger partial charge in [-0.1, -0.05) is 12.1 Å². The number of anilines is 1. The first-order chi connectivity index (χ1) is 11.8. The second kappa shape index (κ2) is 11.7. The summed E-state index contributed by atoms with van der Waals surface area (Å²) in [7, 11) is -3.58. The zero-order chi connectivity index (χ0) is 18.4. The van der Waals surface area contributed by atoms with E-state index in [1.165, 1.54) is 9.87 Å². The molecule has 0 saturated carbocycles. The highest BCUT2D eigenvalue weighted by Crippen LogP contribution is 2.19. The number of nitrogens with one attached hydrogen (secondary N) is 1. The van der Waals surface area contributed by atoms with Crippen LogP contribution in [-0.4, -0.2) is 63.1 Å². The molecule has 156 valence electrons. The van der Waals surface area contributed by atoms with E-state index in [-0.39, 0.29) is 30.9 Å². The Bertz CT molecular complexity index is 693. The van der Waals surface area contributed by atoms with Crippen LogP contribution in [0.5, 0.6) is 0 Å². The average molecular weight is 441 g/mol. The molecule has 1 aromatic rings. The number of hydrogen-bond acceptors (Lipinski definition) is 5. The molecule has 0 aromatic heterocycles. The quantitative estimate of drug-likeness (QED) is 0.662. The highest BCUT2D eigenvalue weighted by molar-refractivity contribution is 7.89. The van der Waals surface area contributed by atoms with Crippen LogP contribution in [0.4, 0.5) is 5.69 Å². The number of aryl methyl sites for hydroxylation is 1. The predicted molar refractivity (Wildman–Crippen MR) is 115 cm³/mol. The van der Waals surface area contributed by atoms with E-state index < -0.39 is 21.7 Å². The van der Waals surface area contributed by atoms with Gasteiger partial charge in [-0.3, -0.25) is 4.79 Å². The van der Waals surface area contributed by atoms with Crippen LogP contribution < -0.4 is 16.0 Å². The number of halogens is 2. The lowest BCUT2D eigenvalue weighted by Gasteiger charge is -2.35. The van der Waals surface area contributed by atoms with E-state index >= 15 is 0 Å². The minimum Gasteiger partial charge on any atom is -0.369 e. The Kier molecular flexibility index (Phi) is 11.2. The van der Waals surface area contributed by atoms with Crippen molar-refractivity contribution in [3.63, 3.8) is 0 Å². The molecule has 1 saturated heterocycles. The average Bonchev–Trinajstić information content (AvgIpc) is 2.54. The number of piperazine rings is 1. The Morgan fingerprint density at radius 1 is 1.22 bits per heavy atom. The number of sulfonamides is 1. The van der Waals surface area contributed by atoms with Crippen molar-refractivity contribution in [1.29, 1.82) is 0 Å².